The first kappa shape index (κ1) is 25.3. The van der Waals surface area contributed by atoms with Gasteiger partial charge in [-0.05, 0) is 60.5 Å². The van der Waals surface area contributed by atoms with Crippen LogP contribution in [-0.4, -0.2) is 65.0 Å². The minimum Gasteiger partial charge on any atom is -0.508 e. The first-order valence-corrected chi connectivity index (χ1v) is 11.7. The number of likely N-dealkylation sites (tertiary alicyclic amines) is 1. The van der Waals surface area contributed by atoms with E-state index in [2.05, 4.69) is 4.90 Å². The van der Waals surface area contributed by atoms with Crippen LogP contribution < -0.4 is 4.74 Å². The summed E-state index contributed by atoms with van der Waals surface area (Å²) in [5.74, 6) is -0.774. The molecule has 1 saturated heterocycles. The fourth-order valence-electron chi connectivity index (χ4n) is 4.43. The lowest BCUT2D eigenvalue weighted by Crippen LogP contribution is -2.38. The lowest BCUT2D eigenvalue weighted by atomic mass is 9.93. The van der Waals surface area contributed by atoms with Gasteiger partial charge in [0.15, 0.2) is 0 Å². The molecule has 2 aromatic carbocycles. The lowest BCUT2D eigenvalue weighted by Gasteiger charge is -2.28. The van der Waals surface area contributed by atoms with Crippen LogP contribution in [0.25, 0.3) is 5.76 Å². The number of rotatable bonds is 9. The molecule has 0 aromatic heterocycles. The van der Waals surface area contributed by atoms with Gasteiger partial charge in [-0.2, -0.15) is 0 Å². The number of benzene rings is 2. The maximum atomic E-state index is 13.2. The molecule has 0 radical (unpaired) electrons. The van der Waals surface area contributed by atoms with Gasteiger partial charge in [-0.3, -0.25) is 9.59 Å². The van der Waals surface area contributed by atoms with E-state index < -0.39 is 17.7 Å². The maximum Gasteiger partial charge on any atom is 0.295 e. The van der Waals surface area contributed by atoms with E-state index in [9.17, 15) is 19.8 Å². The number of hydrogen-bond donors (Lipinski definition) is 2. The Kier molecular flexibility index (Phi) is 7.99. The van der Waals surface area contributed by atoms with Crippen LogP contribution in [0.5, 0.6) is 11.5 Å². The number of aromatic hydroxyl groups is 1. The number of phenolic OH excluding ortho intramolecular Hbond substituents is 1. The molecule has 1 unspecified atom stereocenters. The van der Waals surface area contributed by atoms with Gasteiger partial charge in [-0.1, -0.05) is 39.8 Å². The van der Waals surface area contributed by atoms with Crippen LogP contribution in [0.15, 0.2) is 48.0 Å². The Morgan fingerprint density at radius 2 is 1.82 bits per heavy atom. The van der Waals surface area contributed by atoms with Crippen molar-refractivity contribution in [3.8, 4) is 11.5 Å². The minimum absolute atomic E-state index is 0.0232. The van der Waals surface area contributed by atoms with Gasteiger partial charge >= 0.3 is 0 Å². The van der Waals surface area contributed by atoms with Crippen LogP contribution in [0, 0.1) is 0 Å². The van der Waals surface area contributed by atoms with Crippen molar-refractivity contribution in [2.45, 2.75) is 39.7 Å². The van der Waals surface area contributed by atoms with Crippen molar-refractivity contribution in [1.82, 2.24) is 9.80 Å². The van der Waals surface area contributed by atoms with Crippen molar-refractivity contribution in [2.75, 3.05) is 33.3 Å². The number of likely N-dealkylation sites (N-methyl/N-ethyl adjacent to an activating group) is 1. The summed E-state index contributed by atoms with van der Waals surface area (Å²) in [5.41, 5.74) is 1.92. The molecule has 0 bridgehead atoms. The molecule has 1 atom stereocenters. The van der Waals surface area contributed by atoms with E-state index in [1.807, 2.05) is 27.7 Å². The van der Waals surface area contributed by atoms with Gasteiger partial charge < -0.3 is 24.7 Å². The van der Waals surface area contributed by atoms with Crippen molar-refractivity contribution < 1.29 is 24.5 Å². The standard InChI is InChI=1S/C27H34N2O5/c1-6-28(7-2)13-14-29-24(18-9-8-10-20(30)15-18)23(26(32)27(29)33)25(31)19-11-12-22(34-5)21(16-19)17(3)4/h8-12,15-17,24,30-31H,6-7,13-14H2,1-5H3/b25-23-. The third-order valence-electron chi connectivity index (χ3n) is 6.40. The number of phenols is 1. The Morgan fingerprint density at radius 1 is 1.12 bits per heavy atom. The topological polar surface area (TPSA) is 90.3 Å². The molecule has 7 nitrogen and oxygen atoms in total. The Bertz CT molecular complexity index is 1090. The van der Waals surface area contributed by atoms with Crippen LogP contribution >= 0.6 is 0 Å². The largest absolute Gasteiger partial charge is 0.508 e. The molecular formula is C27H34N2O5. The molecule has 1 heterocycles. The van der Waals surface area contributed by atoms with E-state index in [4.69, 9.17) is 4.74 Å². The number of ether oxygens (including phenoxy) is 1. The summed E-state index contributed by atoms with van der Waals surface area (Å²) in [6.45, 7) is 10.7. The highest BCUT2D eigenvalue weighted by Gasteiger charge is 2.46. The predicted molar refractivity (Wildman–Crippen MR) is 132 cm³/mol. The normalized spacial score (nSPS) is 17.7. The fraction of sp³-hybridized carbons (Fsp3) is 0.407. The van der Waals surface area contributed by atoms with Gasteiger partial charge in [0.05, 0.1) is 18.7 Å². The van der Waals surface area contributed by atoms with E-state index in [0.717, 1.165) is 18.7 Å². The van der Waals surface area contributed by atoms with E-state index in [1.54, 1.807) is 37.4 Å². The number of amides is 1. The number of carbonyl (C=O) groups is 2. The second-order valence-electron chi connectivity index (χ2n) is 8.73. The smallest absolute Gasteiger partial charge is 0.295 e. The molecule has 1 aliphatic heterocycles. The molecule has 3 rings (SSSR count). The van der Waals surface area contributed by atoms with Crippen molar-refractivity contribution in [2.24, 2.45) is 0 Å². The Morgan fingerprint density at radius 3 is 2.41 bits per heavy atom. The molecule has 1 fully saturated rings. The van der Waals surface area contributed by atoms with E-state index in [-0.39, 0.29) is 23.0 Å². The van der Waals surface area contributed by atoms with Crippen molar-refractivity contribution >= 4 is 17.4 Å². The van der Waals surface area contributed by atoms with Gasteiger partial charge in [-0.25, -0.2) is 0 Å². The Balaban J connectivity index is 2.15. The van der Waals surface area contributed by atoms with Gasteiger partial charge in [0.2, 0.25) is 0 Å². The molecule has 0 spiro atoms. The molecule has 182 valence electrons. The molecule has 34 heavy (non-hydrogen) atoms. The molecule has 2 N–H and O–H groups in total. The highest BCUT2D eigenvalue weighted by atomic mass is 16.5. The monoisotopic (exact) mass is 466 g/mol. The second-order valence-corrected chi connectivity index (χ2v) is 8.73. The molecular weight excluding hydrogens is 432 g/mol. The third-order valence-corrected chi connectivity index (χ3v) is 6.40. The van der Waals surface area contributed by atoms with Gasteiger partial charge in [0, 0.05) is 18.7 Å². The molecule has 1 aliphatic rings. The number of aliphatic hydroxyl groups is 1. The number of carbonyl (C=O) groups excluding carboxylic acids is 2. The number of hydrogen-bond acceptors (Lipinski definition) is 6. The van der Waals surface area contributed by atoms with Gasteiger partial charge in [0.25, 0.3) is 11.7 Å². The molecule has 0 aliphatic carbocycles. The number of aliphatic hydroxyl groups excluding tert-OH is 1. The van der Waals surface area contributed by atoms with Crippen molar-refractivity contribution in [3.05, 3.63) is 64.7 Å². The quantitative estimate of drug-likeness (QED) is 0.326. The summed E-state index contributed by atoms with van der Waals surface area (Å²) in [7, 11) is 1.59. The molecule has 2 aromatic rings. The maximum absolute atomic E-state index is 13.2. The van der Waals surface area contributed by atoms with Gasteiger partial charge in [-0.15, -0.1) is 0 Å². The number of methoxy groups -OCH3 is 1. The minimum atomic E-state index is -0.799. The Labute approximate surface area is 201 Å². The molecule has 1 amide bonds. The van der Waals surface area contributed by atoms with Crippen LogP contribution in [0.1, 0.15) is 56.3 Å². The van der Waals surface area contributed by atoms with Crippen molar-refractivity contribution in [1.29, 1.82) is 0 Å². The van der Waals surface area contributed by atoms with E-state index >= 15 is 0 Å². The number of nitrogens with zero attached hydrogens (tertiary/aromatic N) is 2. The fourth-order valence-corrected chi connectivity index (χ4v) is 4.43. The lowest BCUT2D eigenvalue weighted by molar-refractivity contribution is -0.140. The summed E-state index contributed by atoms with van der Waals surface area (Å²) < 4.78 is 5.44. The van der Waals surface area contributed by atoms with E-state index in [1.165, 1.54) is 17.0 Å². The number of ketones is 1. The highest BCUT2D eigenvalue weighted by molar-refractivity contribution is 6.46. The van der Waals surface area contributed by atoms with Crippen LogP contribution in [0.4, 0.5) is 0 Å². The van der Waals surface area contributed by atoms with Gasteiger partial charge in [0.1, 0.15) is 17.3 Å². The van der Waals surface area contributed by atoms with Crippen LogP contribution in [0.3, 0.4) is 0 Å². The second kappa shape index (κ2) is 10.7. The third kappa shape index (κ3) is 4.94. The first-order chi connectivity index (χ1) is 16.2. The molecule has 0 saturated carbocycles. The highest BCUT2D eigenvalue weighted by Crippen LogP contribution is 2.41. The number of Topliss-reactive ketones (excluding diaryl/α,β-unsaturated/α-hetero) is 1. The summed E-state index contributed by atoms with van der Waals surface area (Å²) in [6, 6.07) is 10.9. The average Bonchev–Trinajstić information content (AvgIpc) is 3.08. The SMILES string of the molecule is CCN(CC)CCN1C(=O)C(=O)/C(=C(\O)c2ccc(OC)c(C(C)C)c2)C1c1cccc(O)c1. The zero-order chi connectivity index (χ0) is 25.0. The first-order valence-electron chi connectivity index (χ1n) is 11.7. The summed E-state index contributed by atoms with van der Waals surface area (Å²) in [4.78, 5) is 30.0. The van der Waals surface area contributed by atoms with Crippen molar-refractivity contribution in [3.63, 3.8) is 0 Å². The summed E-state index contributed by atoms with van der Waals surface area (Å²) >= 11 is 0. The summed E-state index contributed by atoms with van der Waals surface area (Å²) in [6.07, 6.45) is 0. The Hall–Kier alpha value is -3.32. The summed E-state index contributed by atoms with van der Waals surface area (Å²) in [5, 5.41) is 21.4. The predicted octanol–water partition coefficient (Wildman–Crippen LogP) is 4.29. The van der Waals surface area contributed by atoms with Crippen LogP contribution in [-0.2, 0) is 9.59 Å². The zero-order valence-electron chi connectivity index (χ0n) is 20.5. The molecule has 7 heteroatoms. The van der Waals surface area contributed by atoms with E-state index in [0.29, 0.717) is 30.0 Å². The van der Waals surface area contributed by atoms with Crippen LogP contribution in [0.2, 0.25) is 0 Å². The zero-order valence-corrected chi connectivity index (χ0v) is 20.5. The average molecular weight is 467 g/mol.